The first-order valence-corrected chi connectivity index (χ1v) is 10.5. The fraction of sp³-hybridized carbons (Fsp3) is 0.381. The molecular weight excluding hydrogens is 388 g/mol. The molecule has 3 aromatic rings. The van der Waals surface area contributed by atoms with Crippen LogP contribution in [0.15, 0.2) is 30.6 Å². The summed E-state index contributed by atoms with van der Waals surface area (Å²) in [6.07, 6.45) is 3.90. The molecule has 7 nitrogen and oxygen atoms in total. The van der Waals surface area contributed by atoms with E-state index in [1.54, 1.807) is 7.11 Å². The molecule has 1 atom stereocenters. The van der Waals surface area contributed by atoms with Crippen LogP contribution in [0.3, 0.4) is 0 Å². The molecule has 1 amide bonds. The Balaban J connectivity index is 1.50. The van der Waals surface area contributed by atoms with E-state index in [1.807, 2.05) is 31.2 Å². The molecule has 1 aliphatic rings. The van der Waals surface area contributed by atoms with Crippen LogP contribution in [-0.4, -0.2) is 42.2 Å². The zero-order valence-electron chi connectivity index (χ0n) is 16.5. The Morgan fingerprint density at radius 1 is 1.38 bits per heavy atom. The largest absolute Gasteiger partial charge is 0.497 e. The van der Waals surface area contributed by atoms with Crippen molar-refractivity contribution in [3.8, 4) is 5.75 Å². The van der Waals surface area contributed by atoms with E-state index in [9.17, 15) is 4.79 Å². The number of ether oxygens (including phenoxy) is 2. The van der Waals surface area contributed by atoms with Crippen LogP contribution in [0.1, 0.15) is 33.6 Å². The Morgan fingerprint density at radius 3 is 3.07 bits per heavy atom. The van der Waals surface area contributed by atoms with Crippen LogP contribution in [-0.2, 0) is 11.3 Å². The lowest BCUT2D eigenvalue weighted by Gasteiger charge is -2.12. The second-order valence-corrected chi connectivity index (χ2v) is 8.01. The summed E-state index contributed by atoms with van der Waals surface area (Å²) in [4.78, 5) is 23.0. The van der Waals surface area contributed by atoms with Crippen molar-refractivity contribution >= 4 is 33.3 Å². The van der Waals surface area contributed by atoms with E-state index in [2.05, 4.69) is 20.6 Å². The van der Waals surface area contributed by atoms with Crippen molar-refractivity contribution in [2.75, 3.05) is 25.6 Å². The van der Waals surface area contributed by atoms with Crippen LogP contribution >= 0.6 is 11.3 Å². The average Bonchev–Trinajstić information content (AvgIpc) is 3.39. The van der Waals surface area contributed by atoms with E-state index in [-0.39, 0.29) is 12.0 Å². The zero-order chi connectivity index (χ0) is 20.2. The Labute approximate surface area is 173 Å². The van der Waals surface area contributed by atoms with E-state index in [4.69, 9.17) is 9.47 Å². The van der Waals surface area contributed by atoms with Gasteiger partial charge < -0.3 is 20.1 Å². The number of fused-ring (bicyclic) bond motifs is 1. The highest BCUT2D eigenvalue weighted by molar-refractivity contribution is 7.20. The molecule has 0 aliphatic carbocycles. The number of hydrogen-bond acceptors (Lipinski definition) is 7. The smallest absolute Gasteiger partial charge is 0.261 e. The molecule has 1 aliphatic heterocycles. The van der Waals surface area contributed by atoms with E-state index in [1.165, 1.54) is 17.7 Å². The fourth-order valence-electron chi connectivity index (χ4n) is 3.48. The van der Waals surface area contributed by atoms with Gasteiger partial charge in [-0.05, 0) is 43.0 Å². The fourth-order valence-corrected chi connectivity index (χ4v) is 4.55. The number of aryl methyl sites for hydroxylation is 1. The number of nitrogens with zero attached hydrogens (tertiary/aromatic N) is 2. The summed E-state index contributed by atoms with van der Waals surface area (Å²) in [6, 6.07) is 7.66. The minimum absolute atomic E-state index is 0.113. The molecule has 1 saturated heterocycles. The van der Waals surface area contributed by atoms with Gasteiger partial charge in [0, 0.05) is 19.7 Å². The summed E-state index contributed by atoms with van der Waals surface area (Å²) < 4.78 is 10.9. The van der Waals surface area contributed by atoms with Gasteiger partial charge in [0.15, 0.2) is 0 Å². The summed E-state index contributed by atoms with van der Waals surface area (Å²) in [5.74, 6) is 1.41. The van der Waals surface area contributed by atoms with Crippen LogP contribution in [0.25, 0.3) is 10.2 Å². The molecule has 1 aromatic carbocycles. The molecular formula is C21H24N4O3S. The van der Waals surface area contributed by atoms with Gasteiger partial charge in [-0.25, -0.2) is 9.97 Å². The molecule has 1 unspecified atom stereocenters. The van der Waals surface area contributed by atoms with Crippen molar-refractivity contribution in [3.05, 3.63) is 46.6 Å². The molecule has 3 heterocycles. The van der Waals surface area contributed by atoms with Gasteiger partial charge in [0.05, 0.1) is 23.5 Å². The number of amides is 1. The van der Waals surface area contributed by atoms with Crippen molar-refractivity contribution in [2.24, 2.45) is 0 Å². The number of nitrogens with one attached hydrogen (secondary N) is 2. The number of hydrogen-bond donors (Lipinski definition) is 2. The van der Waals surface area contributed by atoms with E-state index < -0.39 is 0 Å². The Bertz CT molecular complexity index is 1010. The molecule has 0 bridgehead atoms. The molecule has 8 heteroatoms. The number of carbonyl (C=O) groups excluding carboxylic acids is 1. The summed E-state index contributed by atoms with van der Waals surface area (Å²) in [5, 5.41) is 7.27. The predicted octanol–water partition coefficient (Wildman–Crippen LogP) is 3.53. The van der Waals surface area contributed by atoms with Gasteiger partial charge in [-0.3, -0.25) is 4.79 Å². The maximum Gasteiger partial charge on any atom is 0.261 e. The second-order valence-electron chi connectivity index (χ2n) is 7.01. The molecule has 0 spiro atoms. The van der Waals surface area contributed by atoms with Crippen LogP contribution in [0.5, 0.6) is 5.75 Å². The summed E-state index contributed by atoms with van der Waals surface area (Å²) in [7, 11) is 1.63. The monoisotopic (exact) mass is 412 g/mol. The number of thiophene rings is 1. The highest BCUT2D eigenvalue weighted by Crippen LogP contribution is 2.33. The number of carbonyl (C=O) groups is 1. The van der Waals surface area contributed by atoms with Gasteiger partial charge in [0.1, 0.15) is 22.7 Å². The second kappa shape index (κ2) is 8.75. The predicted molar refractivity (Wildman–Crippen MR) is 114 cm³/mol. The minimum Gasteiger partial charge on any atom is -0.497 e. The number of anilines is 1. The van der Waals surface area contributed by atoms with Gasteiger partial charge in [-0.1, -0.05) is 12.1 Å². The first kappa shape index (κ1) is 19.6. The highest BCUT2D eigenvalue weighted by Gasteiger charge is 2.21. The average molecular weight is 413 g/mol. The van der Waals surface area contributed by atoms with Gasteiger partial charge in [-0.15, -0.1) is 11.3 Å². The lowest BCUT2D eigenvalue weighted by Crippen LogP contribution is -2.22. The topological polar surface area (TPSA) is 85.4 Å². The quantitative estimate of drug-likeness (QED) is 0.618. The zero-order valence-corrected chi connectivity index (χ0v) is 17.3. The lowest BCUT2D eigenvalue weighted by molar-refractivity contribution is 0.0954. The van der Waals surface area contributed by atoms with E-state index in [0.29, 0.717) is 18.0 Å². The lowest BCUT2D eigenvalue weighted by atomic mass is 10.1. The van der Waals surface area contributed by atoms with Crippen molar-refractivity contribution in [1.82, 2.24) is 15.3 Å². The number of rotatable bonds is 7. The Morgan fingerprint density at radius 2 is 2.28 bits per heavy atom. The first-order valence-electron chi connectivity index (χ1n) is 9.66. The van der Waals surface area contributed by atoms with E-state index >= 15 is 0 Å². The normalized spacial score (nSPS) is 16.1. The Kier molecular flexibility index (Phi) is 5.92. The van der Waals surface area contributed by atoms with Crippen molar-refractivity contribution in [2.45, 2.75) is 32.4 Å². The maximum absolute atomic E-state index is 12.8. The van der Waals surface area contributed by atoms with Gasteiger partial charge in [0.25, 0.3) is 5.91 Å². The van der Waals surface area contributed by atoms with Gasteiger partial charge >= 0.3 is 0 Å². The van der Waals surface area contributed by atoms with Crippen LogP contribution in [0, 0.1) is 6.92 Å². The number of aromatic nitrogens is 2. The maximum atomic E-state index is 12.8. The molecule has 4 rings (SSSR count). The summed E-state index contributed by atoms with van der Waals surface area (Å²) in [5.41, 5.74) is 1.87. The third-order valence-electron chi connectivity index (χ3n) is 5.04. The molecule has 2 N–H and O–H groups in total. The van der Waals surface area contributed by atoms with Crippen molar-refractivity contribution in [3.63, 3.8) is 0 Å². The summed E-state index contributed by atoms with van der Waals surface area (Å²) in [6.45, 7) is 3.90. The third-order valence-corrected chi connectivity index (χ3v) is 6.24. The minimum atomic E-state index is -0.113. The summed E-state index contributed by atoms with van der Waals surface area (Å²) >= 11 is 1.39. The van der Waals surface area contributed by atoms with Crippen LogP contribution < -0.4 is 15.4 Å². The number of methoxy groups -OCH3 is 1. The van der Waals surface area contributed by atoms with Crippen molar-refractivity contribution < 1.29 is 14.3 Å². The van der Waals surface area contributed by atoms with Gasteiger partial charge in [-0.2, -0.15) is 0 Å². The van der Waals surface area contributed by atoms with Gasteiger partial charge in [0.2, 0.25) is 0 Å². The standard InChI is InChI=1S/C21H24N4O3S/c1-13-17-19(22-11-16-7-4-8-28-16)24-12-25-21(17)29-18(13)20(26)23-10-14-5-3-6-15(9-14)27-2/h3,5-6,9,12,16H,4,7-8,10-11H2,1-2H3,(H,23,26)(H,22,24,25). The first-order chi connectivity index (χ1) is 14.2. The SMILES string of the molecule is COc1cccc(CNC(=O)c2sc3ncnc(NCC4CCCO4)c3c2C)c1. The molecule has 0 radical (unpaired) electrons. The molecule has 1 fully saturated rings. The number of benzene rings is 1. The molecule has 0 saturated carbocycles. The molecule has 29 heavy (non-hydrogen) atoms. The van der Waals surface area contributed by atoms with E-state index in [0.717, 1.165) is 52.4 Å². The Hall–Kier alpha value is -2.71. The molecule has 152 valence electrons. The van der Waals surface area contributed by atoms with Crippen LogP contribution in [0.2, 0.25) is 0 Å². The van der Waals surface area contributed by atoms with Crippen LogP contribution in [0.4, 0.5) is 5.82 Å². The highest BCUT2D eigenvalue weighted by atomic mass is 32.1. The molecule has 2 aromatic heterocycles. The van der Waals surface area contributed by atoms with Crippen molar-refractivity contribution in [1.29, 1.82) is 0 Å². The third kappa shape index (κ3) is 4.33.